The fraction of sp³-hybridized carbons (Fsp3) is 0.300. The molecule has 6 nitrogen and oxygen atoms in total. The molecule has 0 unspecified atom stereocenters. The molecule has 2 aromatic carbocycles. The molecule has 2 aromatic rings. The Balaban J connectivity index is 1.48. The second-order valence-corrected chi connectivity index (χ2v) is 6.58. The lowest BCUT2D eigenvalue weighted by Crippen LogP contribution is -2.49. The summed E-state index contributed by atoms with van der Waals surface area (Å²) in [4.78, 5) is 28.4. The zero-order valence-corrected chi connectivity index (χ0v) is 14.7. The SMILES string of the molecule is Cc1ccccc1C(=O)N1CCN(c2cccc3c2OCC(=O)N3)CC1. The summed E-state index contributed by atoms with van der Waals surface area (Å²) in [5.41, 5.74) is 3.44. The fourth-order valence-corrected chi connectivity index (χ4v) is 3.48. The van der Waals surface area contributed by atoms with Crippen LogP contribution in [-0.2, 0) is 4.79 Å². The Morgan fingerprint density at radius 3 is 2.58 bits per heavy atom. The van der Waals surface area contributed by atoms with Crippen LogP contribution in [0.4, 0.5) is 11.4 Å². The first-order valence-electron chi connectivity index (χ1n) is 8.79. The molecule has 0 saturated carbocycles. The van der Waals surface area contributed by atoms with Crippen molar-refractivity contribution in [3.05, 3.63) is 53.6 Å². The van der Waals surface area contributed by atoms with Gasteiger partial charge in [-0.1, -0.05) is 24.3 Å². The van der Waals surface area contributed by atoms with E-state index in [2.05, 4.69) is 10.2 Å². The highest BCUT2D eigenvalue weighted by molar-refractivity contribution is 5.97. The van der Waals surface area contributed by atoms with Crippen LogP contribution in [0.2, 0.25) is 0 Å². The van der Waals surface area contributed by atoms with E-state index in [1.807, 2.05) is 54.3 Å². The molecule has 0 atom stereocenters. The van der Waals surface area contributed by atoms with E-state index in [9.17, 15) is 9.59 Å². The van der Waals surface area contributed by atoms with Gasteiger partial charge in [-0.05, 0) is 30.7 Å². The van der Waals surface area contributed by atoms with Crippen LogP contribution in [0.3, 0.4) is 0 Å². The number of ether oxygens (including phenoxy) is 1. The summed E-state index contributed by atoms with van der Waals surface area (Å²) in [6.45, 7) is 4.77. The third-order valence-corrected chi connectivity index (χ3v) is 4.90. The van der Waals surface area contributed by atoms with Gasteiger partial charge in [0, 0.05) is 31.7 Å². The van der Waals surface area contributed by atoms with Gasteiger partial charge in [0.25, 0.3) is 11.8 Å². The summed E-state index contributed by atoms with van der Waals surface area (Å²) in [6, 6.07) is 13.4. The van der Waals surface area contributed by atoms with Crippen LogP contribution in [0, 0.1) is 6.92 Å². The summed E-state index contributed by atoms with van der Waals surface area (Å²) in [7, 11) is 0. The number of piperazine rings is 1. The number of amides is 2. The summed E-state index contributed by atoms with van der Waals surface area (Å²) in [5.74, 6) is 0.662. The molecule has 1 fully saturated rings. The Bertz CT molecular complexity index is 857. The highest BCUT2D eigenvalue weighted by Gasteiger charge is 2.27. The molecule has 1 saturated heterocycles. The standard InChI is InChI=1S/C20H21N3O3/c1-14-5-2-3-6-15(14)20(25)23-11-9-22(10-12-23)17-8-4-7-16-19(17)26-13-18(24)21-16/h2-8H,9-13H2,1H3,(H,21,24). The van der Waals surface area contributed by atoms with Gasteiger partial charge in [0.05, 0.1) is 11.4 Å². The minimum Gasteiger partial charge on any atom is -0.479 e. The number of anilines is 2. The second-order valence-electron chi connectivity index (χ2n) is 6.58. The molecule has 2 aliphatic rings. The van der Waals surface area contributed by atoms with Gasteiger partial charge in [0.15, 0.2) is 12.4 Å². The lowest BCUT2D eigenvalue weighted by molar-refractivity contribution is -0.118. The largest absolute Gasteiger partial charge is 0.479 e. The van der Waals surface area contributed by atoms with Crippen molar-refractivity contribution in [2.45, 2.75) is 6.92 Å². The number of nitrogens with one attached hydrogen (secondary N) is 1. The molecule has 0 aliphatic carbocycles. The van der Waals surface area contributed by atoms with Crippen molar-refractivity contribution in [1.29, 1.82) is 0 Å². The Kier molecular flexibility index (Phi) is 4.24. The first-order valence-corrected chi connectivity index (χ1v) is 8.79. The Morgan fingerprint density at radius 2 is 1.81 bits per heavy atom. The third kappa shape index (κ3) is 2.98. The maximum Gasteiger partial charge on any atom is 0.262 e. The molecule has 4 rings (SSSR count). The van der Waals surface area contributed by atoms with Crippen LogP contribution >= 0.6 is 0 Å². The van der Waals surface area contributed by atoms with Gasteiger partial charge in [-0.25, -0.2) is 0 Å². The Morgan fingerprint density at radius 1 is 1.04 bits per heavy atom. The number of fused-ring (bicyclic) bond motifs is 1. The number of hydrogen-bond acceptors (Lipinski definition) is 4. The van der Waals surface area contributed by atoms with Crippen LogP contribution < -0.4 is 15.0 Å². The Labute approximate surface area is 152 Å². The predicted molar refractivity (Wildman–Crippen MR) is 99.9 cm³/mol. The van der Waals surface area contributed by atoms with Gasteiger partial charge in [-0.15, -0.1) is 0 Å². The normalized spacial score (nSPS) is 16.6. The van der Waals surface area contributed by atoms with E-state index in [-0.39, 0.29) is 18.4 Å². The summed E-state index contributed by atoms with van der Waals surface area (Å²) < 4.78 is 5.65. The van der Waals surface area contributed by atoms with Crippen molar-refractivity contribution in [1.82, 2.24) is 4.90 Å². The first kappa shape index (κ1) is 16.4. The number of para-hydroxylation sites is 1. The number of nitrogens with zero attached hydrogens (tertiary/aromatic N) is 2. The average molecular weight is 351 g/mol. The number of carbonyl (C=O) groups is 2. The van der Waals surface area contributed by atoms with Crippen molar-refractivity contribution in [2.75, 3.05) is 43.0 Å². The van der Waals surface area contributed by atoms with Gasteiger partial charge in [0.1, 0.15) is 0 Å². The van der Waals surface area contributed by atoms with Gasteiger partial charge in [0.2, 0.25) is 0 Å². The van der Waals surface area contributed by atoms with E-state index < -0.39 is 0 Å². The molecular formula is C20H21N3O3. The molecule has 6 heteroatoms. The molecule has 2 aliphatic heterocycles. The number of aryl methyl sites for hydroxylation is 1. The minimum atomic E-state index is -0.136. The van der Waals surface area contributed by atoms with Crippen LogP contribution in [0.25, 0.3) is 0 Å². The summed E-state index contributed by atoms with van der Waals surface area (Å²) in [5, 5.41) is 2.84. The average Bonchev–Trinajstić information content (AvgIpc) is 2.67. The van der Waals surface area contributed by atoms with Crippen LogP contribution in [-0.4, -0.2) is 49.5 Å². The van der Waals surface area contributed by atoms with Crippen molar-refractivity contribution in [3.63, 3.8) is 0 Å². The minimum absolute atomic E-state index is 0.0374. The molecule has 0 aromatic heterocycles. The lowest BCUT2D eigenvalue weighted by Gasteiger charge is -2.37. The maximum atomic E-state index is 12.8. The highest BCUT2D eigenvalue weighted by Crippen LogP contribution is 2.38. The van der Waals surface area contributed by atoms with Crippen molar-refractivity contribution >= 4 is 23.2 Å². The van der Waals surface area contributed by atoms with Crippen molar-refractivity contribution < 1.29 is 14.3 Å². The molecule has 134 valence electrons. The van der Waals surface area contributed by atoms with E-state index in [0.29, 0.717) is 24.5 Å². The van der Waals surface area contributed by atoms with E-state index in [0.717, 1.165) is 29.9 Å². The molecule has 26 heavy (non-hydrogen) atoms. The lowest BCUT2D eigenvalue weighted by atomic mass is 10.1. The highest BCUT2D eigenvalue weighted by atomic mass is 16.5. The smallest absolute Gasteiger partial charge is 0.262 e. The van der Waals surface area contributed by atoms with E-state index in [4.69, 9.17) is 4.74 Å². The molecular weight excluding hydrogens is 330 g/mol. The third-order valence-electron chi connectivity index (χ3n) is 4.90. The number of carbonyl (C=O) groups excluding carboxylic acids is 2. The topological polar surface area (TPSA) is 61.9 Å². The summed E-state index contributed by atoms with van der Waals surface area (Å²) in [6.07, 6.45) is 0. The second kappa shape index (κ2) is 6.71. The monoisotopic (exact) mass is 351 g/mol. The van der Waals surface area contributed by atoms with Gasteiger partial charge in [-0.3, -0.25) is 9.59 Å². The molecule has 0 spiro atoms. The van der Waals surface area contributed by atoms with E-state index in [1.54, 1.807) is 0 Å². The molecule has 2 heterocycles. The zero-order chi connectivity index (χ0) is 18.1. The van der Waals surface area contributed by atoms with Gasteiger partial charge in [-0.2, -0.15) is 0 Å². The van der Waals surface area contributed by atoms with Gasteiger partial charge >= 0.3 is 0 Å². The molecule has 0 bridgehead atoms. The van der Waals surface area contributed by atoms with Crippen LogP contribution in [0.5, 0.6) is 5.75 Å². The first-order chi connectivity index (χ1) is 12.6. The zero-order valence-electron chi connectivity index (χ0n) is 14.7. The van der Waals surface area contributed by atoms with Crippen LogP contribution in [0.15, 0.2) is 42.5 Å². The van der Waals surface area contributed by atoms with Crippen LogP contribution in [0.1, 0.15) is 15.9 Å². The Hall–Kier alpha value is -3.02. The molecule has 0 radical (unpaired) electrons. The fourth-order valence-electron chi connectivity index (χ4n) is 3.48. The molecule has 1 N–H and O–H groups in total. The summed E-state index contributed by atoms with van der Waals surface area (Å²) >= 11 is 0. The van der Waals surface area contributed by atoms with Crippen molar-refractivity contribution in [2.24, 2.45) is 0 Å². The number of benzene rings is 2. The molecule has 2 amide bonds. The van der Waals surface area contributed by atoms with Crippen molar-refractivity contribution in [3.8, 4) is 5.75 Å². The van der Waals surface area contributed by atoms with E-state index >= 15 is 0 Å². The van der Waals surface area contributed by atoms with E-state index in [1.165, 1.54) is 0 Å². The number of rotatable bonds is 2. The number of hydrogen-bond donors (Lipinski definition) is 1. The quantitative estimate of drug-likeness (QED) is 0.902. The maximum absolute atomic E-state index is 12.8. The van der Waals surface area contributed by atoms with Gasteiger partial charge < -0.3 is 19.9 Å². The predicted octanol–water partition coefficient (Wildman–Crippen LogP) is 2.29.